The van der Waals surface area contributed by atoms with Crippen molar-refractivity contribution in [3.05, 3.63) is 52.3 Å². The Labute approximate surface area is 170 Å². The van der Waals surface area contributed by atoms with E-state index in [0.717, 1.165) is 48.3 Å². The van der Waals surface area contributed by atoms with Crippen LogP contribution >= 0.6 is 11.6 Å². The van der Waals surface area contributed by atoms with Crippen molar-refractivity contribution in [1.29, 1.82) is 0 Å². The van der Waals surface area contributed by atoms with E-state index >= 15 is 0 Å². The molecule has 0 saturated heterocycles. The second-order valence-electron chi connectivity index (χ2n) is 7.15. The van der Waals surface area contributed by atoms with Crippen LogP contribution in [0.15, 0.2) is 35.4 Å². The molecule has 1 saturated carbocycles. The molecule has 6 nitrogen and oxygen atoms in total. The molecule has 2 aromatic rings. The summed E-state index contributed by atoms with van der Waals surface area (Å²) in [6.45, 7) is 3.97. The predicted molar refractivity (Wildman–Crippen MR) is 111 cm³/mol. The van der Waals surface area contributed by atoms with Crippen LogP contribution in [-0.4, -0.2) is 28.6 Å². The molecule has 0 radical (unpaired) electrons. The quantitative estimate of drug-likeness (QED) is 0.467. The van der Waals surface area contributed by atoms with E-state index in [1.165, 1.54) is 6.42 Å². The second kappa shape index (κ2) is 9.06. The van der Waals surface area contributed by atoms with Crippen molar-refractivity contribution in [2.75, 3.05) is 0 Å². The Balaban J connectivity index is 1.62. The van der Waals surface area contributed by atoms with Gasteiger partial charge in [-0.1, -0.05) is 30.9 Å². The Morgan fingerprint density at radius 2 is 1.79 bits per heavy atom. The van der Waals surface area contributed by atoms with Gasteiger partial charge in [-0.3, -0.25) is 9.59 Å². The zero-order valence-corrected chi connectivity index (χ0v) is 16.9. The van der Waals surface area contributed by atoms with Crippen LogP contribution in [0.1, 0.15) is 49.1 Å². The molecule has 0 spiro atoms. The fourth-order valence-electron chi connectivity index (χ4n) is 3.61. The van der Waals surface area contributed by atoms with Gasteiger partial charge in [-0.2, -0.15) is 5.10 Å². The van der Waals surface area contributed by atoms with Crippen LogP contribution in [0.5, 0.6) is 0 Å². The first-order chi connectivity index (χ1) is 13.5. The molecule has 1 aromatic carbocycles. The Bertz CT molecular complexity index is 881. The number of nitrogens with zero attached hydrogens (tertiary/aromatic N) is 2. The molecule has 1 aliphatic rings. The van der Waals surface area contributed by atoms with Crippen LogP contribution in [-0.2, 0) is 9.59 Å². The lowest BCUT2D eigenvalue weighted by molar-refractivity contribution is -0.139. The maximum absolute atomic E-state index is 12.0. The van der Waals surface area contributed by atoms with Gasteiger partial charge in [0.15, 0.2) is 0 Å². The van der Waals surface area contributed by atoms with Crippen LogP contribution < -0.4 is 10.7 Å². The number of aromatic nitrogens is 1. The van der Waals surface area contributed by atoms with Gasteiger partial charge in [0, 0.05) is 33.7 Å². The van der Waals surface area contributed by atoms with E-state index < -0.39 is 11.8 Å². The third-order valence-electron chi connectivity index (χ3n) is 5.07. The lowest BCUT2D eigenvalue weighted by Gasteiger charge is -2.22. The van der Waals surface area contributed by atoms with E-state index in [0.29, 0.717) is 5.02 Å². The lowest BCUT2D eigenvalue weighted by atomic mass is 9.95. The molecule has 148 valence electrons. The fraction of sp³-hybridized carbons (Fsp3) is 0.381. The zero-order chi connectivity index (χ0) is 20.1. The Kier molecular flexibility index (Phi) is 6.52. The van der Waals surface area contributed by atoms with E-state index in [1.807, 2.05) is 44.2 Å². The summed E-state index contributed by atoms with van der Waals surface area (Å²) < 4.78 is 2.08. The molecular formula is C21H25ClN4O2. The van der Waals surface area contributed by atoms with Gasteiger partial charge in [0.05, 0.1) is 6.21 Å². The predicted octanol–water partition coefficient (Wildman–Crippen LogP) is 3.65. The minimum Gasteiger partial charge on any atom is -0.345 e. The summed E-state index contributed by atoms with van der Waals surface area (Å²) in [5.74, 6) is -1.37. The van der Waals surface area contributed by atoms with E-state index in [9.17, 15) is 9.59 Å². The smallest absolute Gasteiger partial charge is 0.329 e. The first-order valence-corrected chi connectivity index (χ1v) is 9.92. The van der Waals surface area contributed by atoms with Crippen molar-refractivity contribution < 1.29 is 9.59 Å². The third kappa shape index (κ3) is 4.81. The Morgan fingerprint density at radius 3 is 2.46 bits per heavy atom. The molecule has 1 aliphatic carbocycles. The number of nitrogens with one attached hydrogen (secondary N) is 2. The molecule has 0 bridgehead atoms. The Hall–Kier alpha value is -2.60. The van der Waals surface area contributed by atoms with Crippen molar-refractivity contribution in [3.63, 3.8) is 0 Å². The SMILES string of the molecule is Cc1cc(/C=N\NC(=O)C(=O)NC2CCCCC2)c(C)n1-c1ccc(Cl)cc1. The van der Waals surface area contributed by atoms with Gasteiger partial charge in [-0.05, 0) is 57.0 Å². The van der Waals surface area contributed by atoms with Gasteiger partial charge in [0.25, 0.3) is 0 Å². The molecule has 0 unspecified atom stereocenters. The third-order valence-corrected chi connectivity index (χ3v) is 5.32. The number of aryl methyl sites for hydroxylation is 1. The molecule has 7 heteroatoms. The monoisotopic (exact) mass is 400 g/mol. The number of rotatable bonds is 4. The summed E-state index contributed by atoms with van der Waals surface area (Å²) in [5.41, 5.74) is 6.18. The number of halogens is 1. The van der Waals surface area contributed by atoms with Crippen molar-refractivity contribution >= 4 is 29.6 Å². The van der Waals surface area contributed by atoms with Crippen molar-refractivity contribution in [2.24, 2.45) is 5.10 Å². The number of carbonyl (C=O) groups is 2. The minimum absolute atomic E-state index is 0.0919. The first kappa shape index (κ1) is 20.1. The average Bonchev–Trinajstić information content (AvgIpc) is 2.97. The molecular weight excluding hydrogens is 376 g/mol. The molecule has 3 rings (SSSR count). The number of hydrogen-bond acceptors (Lipinski definition) is 3. The maximum atomic E-state index is 12.0. The summed E-state index contributed by atoms with van der Waals surface area (Å²) in [4.78, 5) is 23.9. The fourth-order valence-corrected chi connectivity index (χ4v) is 3.74. The van der Waals surface area contributed by atoms with Crippen LogP contribution in [0, 0.1) is 13.8 Å². The van der Waals surface area contributed by atoms with Gasteiger partial charge in [0.1, 0.15) is 0 Å². The van der Waals surface area contributed by atoms with Crippen molar-refractivity contribution in [2.45, 2.75) is 52.0 Å². The lowest BCUT2D eigenvalue weighted by Crippen LogP contribution is -2.44. The highest BCUT2D eigenvalue weighted by atomic mass is 35.5. The molecule has 0 atom stereocenters. The molecule has 1 aromatic heterocycles. The zero-order valence-electron chi connectivity index (χ0n) is 16.2. The van der Waals surface area contributed by atoms with E-state index in [-0.39, 0.29) is 6.04 Å². The number of carbonyl (C=O) groups excluding carboxylic acids is 2. The van der Waals surface area contributed by atoms with Crippen LogP contribution in [0.4, 0.5) is 0 Å². The summed E-state index contributed by atoms with van der Waals surface area (Å²) in [6.07, 6.45) is 6.79. The van der Waals surface area contributed by atoms with Gasteiger partial charge in [0.2, 0.25) is 0 Å². The molecule has 2 amide bonds. The second-order valence-corrected chi connectivity index (χ2v) is 7.58. The minimum atomic E-state index is -0.742. The molecule has 2 N–H and O–H groups in total. The topological polar surface area (TPSA) is 75.5 Å². The number of hydrazone groups is 1. The van der Waals surface area contributed by atoms with E-state index in [4.69, 9.17) is 11.6 Å². The Morgan fingerprint density at radius 1 is 1.11 bits per heavy atom. The summed E-state index contributed by atoms with van der Waals surface area (Å²) in [5, 5.41) is 7.42. The van der Waals surface area contributed by atoms with Gasteiger partial charge in [-0.25, -0.2) is 5.43 Å². The largest absolute Gasteiger partial charge is 0.345 e. The number of benzene rings is 1. The number of hydrogen-bond donors (Lipinski definition) is 2. The molecule has 28 heavy (non-hydrogen) atoms. The summed E-state index contributed by atoms with van der Waals surface area (Å²) in [6, 6.07) is 9.64. The average molecular weight is 401 g/mol. The van der Waals surface area contributed by atoms with Crippen LogP contribution in [0.25, 0.3) is 5.69 Å². The van der Waals surface area contributed by atoms with Gasteiger partial charge >= 0.3 is 11.8 Å². The highest BCUT2D eigenvalue weighted by Gasteiger charge is 2.20. The summed E-state index contributed by atoms with van der Waals surface area (Å²) >= 11 is 5.97. The molecule has 0 aliphatic heterocycles. The van der Waals surface area contributed by atoms with E-state index in [2.05, 4.69) is 20.4 Å². The maximum Gasteiger partial charge on any atom is 0.329 e. The normalized spacial score (nSPS) is 15.0. The van der Waals surface area contributed by atoms with Crippen molar-refractivity contribution in [1.82, 2.24) is 15.3 Å². The van der Waals surface area contributed by atoms with Gasteiger partial charge < -0.3 is 9.88 Å². The standard InChI is InChI=1S/C21H25ClN4O2/c1-14-12-16(15(2)26(14)19-10-8-17(22)9-11-19)13-23-25-21(28)20(27)24-18-6-4-3-5-7-18/h8-13,18H,3-7H2,1-2H3,(H,24,27)(H,25,28)/b23-13-. The molecule has 1 heterocycles. The highest BCUT2D eigenvalue weighted by Crippen LogP contribution is 2.21. The van der Waals surface area contributed by atoms with Crippen LogP contribution in [0.3, 0.4) is 0 Å². The molecule has 1 fully saturated rings. The van der Waals surface area contributed by atoms with Crippen molar-refractivity contribution in [3.8, 4) is 5.69 Å². The first-order valence-electron chi connectivity index (χ1n) is 9.54. The number of amides is 2. The van der Waals surface area contributed by atoms with Crippen LogP contribution in [0.2, 0.25) is 5.02 Å². The van der Waals surface area contributed by atoms with E-state index in [1.54, 1.807) is 6.21 Å². The van der Waals surface area contributed by atoms with Gasteiger partial charge in [-0.15, -0.1) is 0 Å². The highest BCUT2D eigenvalue weighted by molar-refractivity contribution is 6.35. The summed E-state index contributed by atoms with van der Waals surface area (Å²) in [7, 11) is 0.